The Balaban J connectivity index is 0.000000210. The third-order valence-electron chi connectivity index (χ3n) is 6.84. The van der Waals surface area contributed by atoms with Crippen LogP contribution in [-0.2, 0) is 9.53 Å². The Labute approximate surface area is 222 Å². The molecule has 3 aliphatic rings. The van der Waals surface area contributed by atoms with Gasteiger partial charge in [0.2, 0.25) is 5.78 Å². The predicted molar refractivity (Wildman–Crippen MR) is 135 cm³/mol. The minimum Gasteiger partial charge on any atom is -1.00 e. The zero-order valence-electron chi connectivity index (χ0n) is 20.4. The molecule has 1 atom stereocenters. The molecule has 1 unspecified atom stereocenters. The number of anilines is 2. The van der Waals surface area contributed by atoms with Crippen LogP contribution in [0.1, 0.15) is 30.1 Å². The second kappa shape index (κ2) is 12.8. The smallest absolute Gasteiger partial charge is 0.303 e. The molecule has 3 fully saturated rings. The van der Waals surface area contributed by atoms with Gasteiger partial charge in [-0.3, -0.25) is 9.59 Å². The summed E-state index contributed by atoms with van der Waals surface area (Å²) in [6.45, 7) is 4.84. The molecule has 3 aromatic rings. The minimum absolute atomic E-state index is 0. The van der Waals surface area contributed by atoms with Crippen molar-refractivity contribution >= 4 is 23.1 Å². The SMILES string of the molecule is CC(=O)OC1C[N+]2(CC(=O)c3ccccc3)CCC1CC2.Fc1ccc(Nc2ccccc2)cc1.[Br-]. The number of nitrogens with one attached hydrogen (secondary N) is 1. The fraction of sp³-hybridized carbons (Fsp3) is 0.310. The van der Waals surface area contributed by atoms with E-state index in [1.165, 1.54) is 19.1 Å². The van der Waals surface area contributed by atoms with Gasteiger partial charge in [-0.25, -0.2) is 4.39 Å². The van der Waals surface area contributed by atoms with Crippen LogP contribution in [0.25, 0.3) is 0 Å². The highest BCUT2D eigenvalue weighted by Gasteiger charge is 2.48. The van der Waals surface area contributed by atoms with Crippen molar-refractivity contribution in [2.45, 2.75) is 25.9 Å². The Bertz CT molecular complexity index is 1120. The van der Waals surface area contributed by atoms with E-state index in [1.54, 1.807) is 12.1 Å². The summed E-state index contributed by atoms with van der Waals surface area (Å²) in [5.74, 6) is 0.253. The number of nitrogens with zero attached hydrogens (tertiary/aromatic N) is 1. The molecule has 0 radical (unpaired) electrons. The number of Topliss-reactive ketones (excluding diaryl/α,β-unsaturated/α-hetero) is 1. The van der Waals surface area contributed by atoms with Crippen molar-refractivity contribution in [1.82, 2.24) is 0 Å². The summed E-state index contributed by atoms with van der Waals surface area (Å²) in [4.78, 5) is 23.7. The van der Waals surface area contributed by atoms with Crippen molar-refractivity contribution in [3.63, 3.8) is 0 Å². The third kappa shape index (κ3) is 7.48. The van der Waals surface area contributed by atoms with E-state index in [4.69, 9.17) is 4.74 Å². The van der Waals surface area contributed by atoms with Crippen molar-refractivity contribution in [3.8, 4) is 0 Å². The molecular formula is C29H32BrFN2O3. The summed E-state index contributed by atoms with van der Waals surface area (Å²) in [5, 5.41) is 3.16. The first-order valence-corrected chi connectivity index (χ1v) is 12.1. The lowest BCUT2D eigenvalue weighted by atomic mass is 9.83. The molecule has 7 heteroatoms. The number of esters is 1. The molecule has 36 heavy (non-hydrogen) atoms. The Kier molecular flexibility index (Phi) is 9.79. The van der Waals surface area contributed by atoms with Gasteiger partial charge in [0.25, 0.3) is 0 Å². The Hall–Kier alpha value is -3.03. The van der Waals surface area contributed by atoms with Gasteiger partial charge in [0, 0.05) is 42.6 Å². The minimum atomic E-state index is -0.219. The molecule has 3 aromatic carbocycles. The highest BCUT2D eigenvalue weighted by molar-refractivity contribution is 5.96. The lowest BCUT2D eigenvalue weighted by molar-refractivity contribution is -0.938. The van der Waals surface area contributed by atoms with E-state index in [-0.39, 0.29) is 40.7 Å². The summed E-state index contributed by atoms with van der Waals surface area (Å²) in [6, 6.07) is 25.5. The van der Waals surface area contributed by atoms with Crippen molar-refractivity contribution in [2.75, 3.05) is 31.5 Å². The topological polar surface area (TPSA) is 55.4 Å². The Morgan fingerprint density at radius 1 is 0.889 bits per heavy atom. The number of ether oxygens (including phenoxy) is 1. The van der Waals surface area contributed by atoms with Crippen LogP contribution in [0.3, 0.4) is 0 Å². The van der Waals surface area contributed by atoms with Gasteiger partial charge in [-0.1, -0.05) is 48.5 Å². The lowest BCUT2D eigenvalue weighted by Crippen LogP contribution is -3.00. The average molecular weight is 555 g/mol. The van der Waals surface area contributed by atoms with Crippen LogP contribution in [0.2, 0.25) is 0 Å². The van der Waals surface area contributed by atoms with Gasteiger partial charge >= 0.3 is 5.97 Å². The van der Waals surface area contributed by atoms with Gasteiger partial charge in [0.05, 0.1) is 13.1 Å². The molecule has 0 aliphatic carbocycles. The first-order valence-electron chi connectivity index (χ1n) is 12.1. The number of halogens is 2. The van der Waals surface area contributed by atoms with E-state index < -0.39 is 0 Å². The lowest BCUT2D eigenvalue weighted by Gasteiger charge is -2.51. The molecule has 190 valence electrons. The molecular weight excluding hydrogens is 523 g/mol. The van der Waals surface area contributed by atoms with Crippen molar-refractivity contribution in [3.05, 3.63) is 96.3 Å². The maximum absolute atomic E-state index is 12.6. The van der Waals surface area contributed by atoms with Crippen molar-refractivity contribution < 1.29 is 40.2 Å². The first-order chi connectivity index (χ1) is 16.9. The van der Waals surface area contributed by atoms with Crippen LogP contribution >= 0.6 is 0 Å². The van der Waals surface area contributed by atoms with E-state index in [9.17, 15) is 14.0 Å². The summed E-state index contributed by atoms with van der Waals surface area (Å²) in [6.07, 6.45) is 2.11. The first kappa shape index (κ1) is 27.6. The van der Waals surface area contributed by atoms with Gasteiger partial charge in [-0.05, 0) is 36.4 Å². The quantitative estimate of drug-likeness (QED) is 0.289. The maximum Gasteiger partial charge on any atom is 0.303 e. The van der Waals surface area contributed by atoms with Crippen LogP contribution in [0.4, 0.5) is 15.8 Å². The monoisotopic (exact) mass is 554 g/mol. The third-order valence-corrected chi connectivity index (χ3v) is 6.84. The molecule has 5 nitrogen and oxygen atoms in total. The standard InChI is InChI=1S/C17H22NO3.C12H10FN.BrH/c1-13(19)21-17-12-18(9-7-15(17)8-10-18)11-16(20)14-5-3-2-4-6-14;13-10-6-8-12(9-7-10)14-11-4-2-1-3-5-11;/h2-6,15,17H,7-12H2,1H3;1-9,14H;1H/q+1;;/p-1. The van der Waals surface area contributed by atoms with Gasteiger partial charge in [0.15, 0.2) is 6.10 Å². The molecule has 0 amide bonds. The molecule has 0 aromatic heterocycles. The highest BCUT2D eigenvalue weighted by Crippen LogP contribution is 2.35. The van der Waals surface area contributed by atoms with Crippen LogP contribution in [0.5, 0.6) is 0 Å². The van der Waals surface area contributed by atoms with Crippen LogP contribution < -0.4 is 22.3 Å². The van der Waals surface area contributed by atoms with Crippen molar-refractivity contribution in [2.24, 2.45) is 5.92 Å². The number of carbonyl (C=O) groups excluding carboxylic acids is 2. The molecule has 3 heterocycles. The van der Waals surface area contributed by atoms with Crippen LogP contribution in [0.15, 0.2) is 84.9 Å². The number of ketones is 1. The number of fused-ring (bicyclic) bond motifs is 3. The maximum atomic E-state index is 12.6. The summed E-state index contributed by atoms with van der Waals surface area (Å²) >= 11 is 0. The van der Waals surface area contributed by atoms with Gasteiger partial charge in [0.1, 0.15) is 18.9 Å². The molecule has 0 saturated carbocycles. The van der Waals surface area contributed by atoms with Crippen LogP contribution in [-0.4, -0.2) is 48.5 Å². The number of hydrogen-bond donors (Lipinski definition) is 1. The number of rotatable bonds is 6. The number of piperidine rings is 3. The highest BCUT2D eigenvalue weighted by atomic mass is 79.9. The second-order valence-electron chi connectivity index (χ2n) is 9.40. The zero-order valence-corrected chi connectivity index (χ0v) is 22.0. The molecule has 1 N–H and O–H groups in total. The van der Waals surface area contributed by atoms with E-state index in [0.717, 1.165) is 53.9 Å². The number of para-hydroxylation sites is 1. The Morgan fingerprint density at radius 3 is 2.03 bits per heavy atom. The largest absolute Gasteiger partial charge is 1.00 e. The molecule has 2 bridgehead atoms. The van der Waals surface area contributed by atoms with Gasteiger partial charge in [-0.2, -0.15) is 0 Å². The van der Waals surface area contributed by atoms with Crippen LogP contribution in [0, 0.1) is 11.7 Å². The van der Waals surface area contributed by atoms with Gasteiger partial charge in [-0.15, -0.1) is 0 Å². The zero-order chi connectivity index (χ0) is 24.7. The number of benzene rings is 3. The molecule has 0 spiro atoms. The summed E-state index contributed by atoms with van der Waals surface area (Å²) in [5.41, 5.74) is 2.67. The molecule has 6 rings (SSSR count). The van der Waals surface area contributed by atoms with E-state index in [2.05, 4.69) is 5.32 Å². The second-order valence-corrected chi connectivity index (χ2v) is 9.40. The van der Waals surface area contributed by atoms with E-state index in [1.807, 2.05) is 60.7 Å². The average Bonchev–Trinajstić information content (AvgIpc) is 2.87. The summed E-state index contributed by atoms with van der Waals surface area (Å²) < 4.78 is 18.8. The van der Waals surface area contributed by atoms with E-state index >= 15 is 0 Å². The van der Waals surface area contributed by atoms with Gasteiger partial charge < -0.3 is 31.5 Å². The summed E-state index contributed by atoms with van der Waals surface area (Å²) in [7, 11) is 0. The number of hydrogen-bond acceptors (Lipinski definition) is 4. The fourth-order valence-corrected chi connectivity index (χ4v) is 5.03. The number of quaternary nitrogens is 1. The normalized spacial score (nSPS) is 21.8. The molecule has 3 aliphatic heterocycles. The van der Waals surface area contributed by atoms with E-state index in [0.29, 0.717) is 12.5 Å². The number of carbonyl (C=O) groups is 2. The Morgan fingerprint density at radius 2 is 1.44 bits per heavy atom. The molecule has 3 saturated heterocycles. The fourth-order valence-electron chi connectivity index (χ4n) is 5.03. The van der Waals surface area contributed by atoms with Crippen molar-refractivity contribution in [1.29, 1.82) is 0 Å². The predicted octanol–water partition coefficient (Wildman–Crippen LogP) is 2.61.